The van der Waals surface area contributed by atoms with Gasteiger partial charge < -0.3 is 5.32 Å². The van der Waals surface area contributed by atoms with Crippen molar-refractivity contribution < 1.29 is 0 Å². The van der Waals surface area contributed by atoms with Crippen LogP contribution < -0.4 is 5.32 Å². The molecule has 0 radical (unpaired) electrons. The Kier molecular flexibility index (Phi) is 5.03. The average Bonchev–Trinajstić information content (AvgIpc) is 2.68. The Morgan fingerprint density at radius 2 is 2.05 bits per heavy atom. The van der Waals surface area contributed by atoms with Crippen molar-refractivity contribution in [2.45, 2.75) is 66.0 Å². The van der Waals surface area contributed by atoms with E-state index < -0.39 is 0 Å². The summed E-state index contributed by atoms with van der Waals surface area (Å²) in [7, 11) is 0. The molecule has 1 fully saturated rings. The predicted octanol–water partition coefficient (Wildman–Crippen LogP) is 3.30. The molecule has 0 bridgehead atoms. The Morgan fingerprint density at radius 3 is 2.68 bits per heavy atom. The Labute approximate surface area is 117 Å². The quantitative estimate of drug-likeness (QED) is 0.826. The van der Waals surface area contributed by atoms with Crippen LogP contribution in [0.2, 0.25) is 0 Å². The van der Waals surface area contributed by atoms with Gasteiger partial charge >= 0.3 is 0 Å². The minimum absolute atomic E-state index is 0.742. The molecule has 3 heteroatoms. The van der Waals surface area contributed by atoms with Crippen molar-refractivity contribution in [3.63, 3.8) is 0 Å². The van der Waals surface area contributed by atoms with Crippen LogP contribution in [0.25, 0.3) is 0 Å². The smallest absolute Gasteiger partial charge is 0.0596 e. The fourth-order valence-corrected chi connectivity index (χ4v) is 3.17. The van der Waals surface area contributed by atoms with Crippen molar-refractivity contribution in [3.05, 3.63) is 17.5 Å². The van der Waals surface area contributed by atoms with E-state index in [4.69, 9.17) is 0 Å². The maximum Gasteiger partial charge on any atom is 0.0596 e. The maximum absolute atomic E-state index is 4.51. The maximum atomic E-state index is 4.51. The van der Waals surface area contributed by atoms with Gasteiger partial charge in [0.25, 0.3) is 0 Å². The third-order valence-corrected chi connectivity index (χ3v) is 4.68. The second-order valence-corrected chi connectivity index (χ2v) is 6.42. The van der Waals surface area contributed by atoms with Gasteiger partial charge in [-0.1, -0.05) is 13.8 Å². The molecule has 2 rings (SSSR count). The van der Waals surface area contributed by atoms with E-state index >= 15 is 0 Å². The van der Waals surface area contributed by atoms with Crippen LogP contribution in [0.15, 0.2) is 6.07 Å². The highest BCUT2D eigenvalue weighted by molar-refractivity contribution is 5.06. The van der Waals surface area contributed by atoms with Crippen molar-refractivity contribution in [1.29, 1.82) is 0 Å². The summed E-state index contributed by atoms with van der Waals surface area (Å²) in [5.74, 6) is 1.79. The van der Waals surface area contributed by atoms with E-state index in [9.17, 15) is 0 Å². The first kappa shape index (κ1) is 14.6. The molecule has 1 aromatic heterocycles. The number of aryl methyl sites for hydroxylation is 3. The number of nitrogens with zero attached hydrogens (tertiary/aromatic N) is 2. The van der Waals surface area contributed by atoms with Crippen LogP contribution in [0.4, 0.5) is 0 Å². The van der Waals surface area contributed by atoms with Gasteiger partial charge in [0.15, 0.2) is 0 Å². The Morgan fingerprint density at radius 1 is 1.26 bits per heavy atom. The van der Waals surface area contributed by atoms with Crippen LogP contribution in [0.3, 0.4) is 0 Å². The Hall–Kier alpha value is -0.830. The Balaban J connectivity index is 1.66. The molecule has 3 unspecified atom stereocenters. The molecule has 3 atom stereocenters. The molecule has 1 N–H and O–H groups in total. The van der Waals surface area contributed by atoms with E-state index in [1.165, 1.54) is 31.4 Å². The molecule has 0 saturated heterocycles. The van der Waals surface area contributed by atoms with Crippen molar-refractivity contribution >= 4 is 0 Å². The molecule has 1 saturated carbocycles. The van der Waals surface area contributed by atoms with Crippen LogP contribution in [0, 0.1) is 25.7 Å². The summed E-state index contributed by atoms with van der Waals surface area (Å²) in [4.78, 5) is 0. The molecule has 0 spiro atoms. The summed E-state index contributed by atoms with van der Waals surface area (Å²) in [5.41, 5.74) is 2.40. The van der Waals surface area contributed by atoms with Gasteiger partial charge in [-0.15, -0.1) is 0 Å². The highest BCUT2D eigenvalue weighted by Crippen LogP contribution is 2.29. The molecule has 1 heterocycles. The number of hydrogen-bond acceptors (Lipinski definition) is 2. The van der Waals surface area contributed by atoms with E-state index in [0.29, 0.717) is 0 Å². The predicted molar refractivity (Wildman–Crippen MR) is 80.3 cm³/mol. The lowest BCUT2D eigenvalue weighted by molar-refractivity contribution is 0.225. The van der Waals surface area contributed by atoms with Crippen molar-refractivity contribution in [1.82, 2.24) is 15.1 Å². The highest BCUT2D eigenvalue weighted by Gasteiger charge is 2.23. The highest BCUT2D eigenvalue weighted by atomic mass is 15.3. The van der Waals surface area contributed by atoms with Crippen LogP contribution in [-0.4, -0.2) is 22.4 Å². The van der Waals surface area contributed by atoms with E-state index in [2.05, 4.69) is 48.9 Å². The molecule has 1 aliphatic carbocycles. The van der Waals surface area contributed by atoms with Gasteiger partial charge in [-0.05, 0) is 64.0 Å². The molecule has 1 aromatic rings. The minimum Gasteiger partial charge on any atom is -0.314 e. The van der Waals surface area contributed by atoms with Gasteiger partial charge in [-0.25, -0.2) is 0 Å². The molecule has 19 heavy (non-hydrogen) atoms. The van der Waals surface area contributed by atoms with Crippen LogP contribution in [-0.2, 0) is 6.54 Å². The third-order valence-electron chi connectivity index (χ3n) is 4.68. The minimum atomic E-state index is 0.742. The van der Waals surface area contributed by atoms with E-state index in [1.54, 1.807) is 0 Å². The summed E-state index contributed by atoms with van der Waals surface area (Å²) >= 11 is 0. The van der Waals surface area contributed by atoms with Crippen molar-refractivity contribution in [3.8, 4) is 0 Å². The normalized spacial score (nSPS) is 27.7. The van der Waals surface area contributed by atoms with Gasteiger partial charge in [-0.3, -0.25) is 4.68 Å². The first-order valence-electron chi connectivity index (χ1n) is 7.80. The van der Waals surface area contributed by atoms with Crippen LogP contribution >= 0.6 is 0 Å². The molecule has 0 aromatic carbocycles. The van der Waals surface area contributed by atoms with Crippen molar-refractivity contribution in [2.24, 2.45) is 11.8 Å². The molecule has 0 aliphatic heterocycles. The first-order chi connectivity index (χ1) is 9.06. The summed E-state index contributed by atoms with van der Waals surface area (Å²) < 4.78 is 2.13. The fourth-order valence-electron chi connectivity index (χ4n) is 3.17. The summed E-state index contributed by atoms with van der Waals surface area (Å²) in [6, 6.07) is 2.89. The number of aromatic nitrogens is 2. The Bertz CT molecular complexity index is 397. The summed E-state index contributed by atoms with van der Waals surface area (Å²) in [6.45, 7) is 11.1. The monoisotopic (exact) mass is 263 g/mol. The second kappa shape index (κ2) is 6.56. The molecular formula is C16H29N3. The zero-order valence-corrected chi connectivity index (χ0v) is 12.9. The molecule has 108 valence electrons. The lowest BCUT2D eigenvalue weighted by atomic mass is 9.79. The number of nitrogens with one attached hydrogen (secondary N) is 1. The second-order valence-electron chi connectivity index (χ2n) is 6.42. The zero-order chi connectivity index (χ0) is 13.8. The largest absolute Gasteiger partial charge is 0.314 e. The van der Waals surface area contributed by atoms with Gasteiger partial charge in [-0.2, -0.15) is 5.10 Å². The van der Waals surface area contributed by atoms with E-state index in [0.717, 1.165) is 36.7 Å². The first-order valence-corrected chi connectivity index (χ1v) is 7.80. The number of rotatable bonds is 5. The van der Waals surface area contributed by atoms with E-state index in [1.807, 2.05) is 0 Å². The lowest BCUT2D eigenvalue weighted by Gasteiger charge is -2.32. The standard InChI is InChI=1S/C16H29N3/c1-12-6-7-16(10-13(12)2)17-8-5-9-19-15(4)11-14(3)18-19/h11-13,16-17H,5-10H2,1-4H3. The SMILES string of the molecule is Cc1cc(C)n(CCCNC2CCC(C)C(C)C2)n1. The summed E-state index contributed by atoms with van der Waals surface area (Å²) in [6.07, 6.45) is 5.26. The summed E-state index contributed by atoms with van der Waals surface area (Å²) in [5, 5.41) is 8.23. The van der Waals surface area contributed by atoms with Gasteiger partial charge in [0, 0.05) is 18.3 Å². The lowest BCUT2D eigenvalue weighted by Crippen LogP contribution is -2.36. The van der Waals surface area contributed by atoms with Crippen LogP contribution in [0.5, 0.6) is 0 Å². The van der Waals surface area contributed by atoms with Gasteiger partial charge in [0.1, 0.15) is 0 Å². The number of hydrogen-bond donors (Lipinski definition) is 1. The average molecular weight is 263 g/mol. The molecule has 1 aliphatic rings. The zero-order valence-electron chi connectivity index (χ0n) is 12.9. The van der Waals surface area contributed by atoms with Crippen LogP contribution in [0.1, 0.15) is 50.9 Å². The molecular weight excluding hydrogens is 234 g/mol. The fraction of sp³-hybridized carbons (Fsp3) is 0.812. The van der Waals surface area contributed by atoms with E-state index in [-0.39, 0.29) is 0 Å². The molecule has 3 nitrogen and oxygen atoms in total. The van der Waals surface area contributed by atoms with Gasteiger partial charge in [0.05, 0.1) is 5.69 Å². The topological polar surface area (TPSA) is 29.9 Å². The van der Waals surface area contributed by atoms with Crippen molar-refractivity contribution in [2.75, 3.05) is 6.54 Å². The molecule has 0 amide bonds. The van der Waals surface area contributed by atoms with Gasteiger partial charge in [0.2, 0.25) is 0 Å². The third kappa shape index (κ3) is 4.07.